The Hall–Kier alpha value is -3.35. The molecule has 3 aliphatic carbocycles. The third-order valence-electron chi connectivity index (χ3n) is 7.27. The maximum absolute atomic E-state index is 12.5. The molecule has 0 heterocycles. The van der Waals surface area contributed by atoms with E-state index in [1.165, 1.54) is 11.1 Å². The highest BCUT2D eigenvalue weighted by Crippen LogP contribution is 2.44. The van der Waals surface area contributed by atoms with Gasteiger partial charge < -0.3 is 20.5 Å². The Kier molecular flexibility index (Phi) is 5.79. The summed E-state index contributed by atoms with van der Waals surface area (Å²) >= 11 is 0. The number of fused-ring (bicyclic) bond motifs is 3. The Balaban J connectivity index is 1.09. The zero-order valence-electron chi connectivity index (χ0n) is 18.3. The number of ether oxygens (including phenoxy) is 1. The van der Waals surface area contributed by atoms with Gasteiger partial charge >= 0.3 is 12.1 Å². The fourth-order valence-electron chi connectivity index (χ4n) is 5.38. The summed E-state index contributed by atoms with van der Waals surface area (Å²) in [5, 5.41) is 15.0. The Morgan fingerprint density at radius 2 is 1.61 bits per heavy atom. The third kappa shape index (κ3) is 4.32. The zero-order valence-corrected chi connectivity index (χ0v) is 18.3. The van der Waals surface area contributed by atoms with E-state index < -0.39 is 18.0 Å². The van der Waals surface area contributed by atoms with Gasteiger partial charge in [0, 0.05) is 24.4 Å². The van der Waals surface area contributed by atoms with E-state index in [4.69, 9.17) is 4.74 Å². The second kappa shape index (κ2) is 8.89. The molecule has 2 aromatic carbocycles. The van der Waals surface area contributed by atoms with Gasteiger partial charge in [-0.1, -0.05) is 55.0 Å². The minimum atomic E-state index is -0.845. The van der Waals surface area contributed by atoms with Crippen LogP contribution in [0.2, 0.25) is 0 Å². The van der Waals surface area contributed by atoms with Crippen molar-refractivity contribution >= 4 is 18.0 Å². The summed E-state index contributed by atoms with van der Waals surface area (Å²) in [6.07, 6.45) is 2.35. The largest absolute Gasteiger partial charge is 0.481 e. The van der Waals surface area contributed by atoms with Crippen molar-refractivity contribution in [1.29, 1.82) is 0 Å². The summed E-state index contributed by atoms with van der Waals surface area (Å²) < 4.78 is 5.55. The van der Waals surface area contributed by atoms with E-state index in [-0.39, 0.29) is 36.3 Å². The highest BCUT2D eigenvalue weighted by atomic mass is 16.5. The van der Waals surface area contributed by atoms with Gasteiger partial charge in [0.05, 0.1) is 5.92 Å². The molecule has 2 aromatic rings. The molecule has 172 valence electrons. The lowest BCUT2D eigenvalue weighted by atomic mass is 9.98. The summed E-state index contributed by atoms with van der Waals surface area (Å²) in [7, 11) is 0. The summed E-state index contributed by atoms with van der Waals surface area (Å²) in [6.45, 7) is 0.633. The molecule has 0 aliphatic heterocycles. The molecule has 33 heavy (non-hydrogen) atoms. The van der Waals surface area contributed by atoms with Gasteiger partial charge in [0.1, 0.15) is 6.61 Å². The zero-order chi connectivity index (χ0) is 22.9. The van der Waals surface area contributed by atoms with Gasteiger partial charge in [0.2, 0.25) is 5.91 Å². The van der Waals surface area contributed by atoms with Crippen LogP contribution in [-0.4, -0.2) is 42.3 Å². The molecular weight excluding hydrogens is 420 g/mol. The van der Waals surface area contributed by atoms with Crippen LogP contribution in [0.4, 0.5) is 4.79 Å². The molecule has 0 saturated heterocycles. The standard InChI is InChI=1S/C26H28N2O5/c29-24(28-23-11-5-10-20(23)25(30)31)21-12-15(21)13-27-26(32)33-14-22-18-8-3-1-6-16(18)17-7-2-4-9-19(17)22/h1-4,6-9,15,20-23H,5,10-14H2,(H,27,32)(H,28,29)(H,30,31)/t15-,20?,21-,23?/m1/s1. The highest BCUT2D eigenvalue weighted by molar-refractivity contribution is 5.83. The molecule has 3 aliphatic rings. The topological polar surface area (TPSA) is 105 Å². The van der Waals surface area contributed by atoms with E-state index >= 15 is 0 Å². The van der Waals surface area contributed by atoms with Crippen molar-refractivity contribution in [2.75, 3.05) is 13.2 Å². The predicted octanol–water partition coefficient (Wildman–Crippen LogP) is 3.53. The van der Waals surface area contributed by atoms with E-state index in [0.29, 0.717) is 25.8 Å². The summed E-state index contributed by atoms with van der Waals surface area (Å²) in [5.41, 5.74) is 4.69. The quantitative estimate of drug-likeness (QED) is 0.601. The molecule has 2 saturated carbocycles. The van der Waals surface area contributed by atoms with Crippen LogP contribution in [0.25, 0.3) is 11.1 Å². The normalized spacial score (nSPS) is 25.1. The van der Waals surface area contributed by atoms with Crippen LogP contribution < -0.4 is 10.6 Å². The van der Waals surface area contributed by atoms with Crippen LogP contribution in [0.15, 0.2) is 48.5 Å². The number of carboxylic acid groups (broad SMARTS) is 1. The van der Waals surface area contributed by atoms with Crippen molar-refractivity contribution < 1.29 is 24.2 Å². The second-order valence-corrected chi connectivity index (χ2v) is 9.30. The number of alkyl carbamates (subject to hydrolysis) is 1. The van der Waals surface area contributed by atoms with Crippen molar-refractivity contribution in [1.82, 2.24) is 10.6 Å². The Morgan fingerprint density at radius 1 is 0.939 bits per heavy atom. The number of hydrogen-bond donors (Lipinski definition) is 3. The van der Waals surface area contributed by atoms with Gasteiger partial charge in [-0.15, -0.1) is 0 Å². The van der Waals surface area contributed by atoms with Crippen LogP contribution in [-0.2, 0) is 14.3 Å². The monoisotopic (exact) mass is 448 g/mol. The second-order valence-electron chi connectivity index (χ2n) is 9.30. The SMILES string of the molecule is O=C(NC[C@H]1C[C@H]1C(=O)NC1CCCC1C(=O)O)OCC1c2ccccc2-c2ccccc21. The maximum atomic E-state index is 12.5. The van der Waals surface area contributed by atoms with E-state index in [1.54, 1.807) is 0 Å². The first-order chi connectivity index (χ1) is 16.0. The molecule has 7 heteroatoms. The summed E-state index contributed by atoms with van der Waals surface area (Å²) in [6, 6.07) is 16.1. The van der Waals surface area contributed by atoms with Crippen molar-refractivity contribution in [3.63, 3.8) is 0 Å². The van der Waals surface area contributed by atoms with E-state index in [1.807, 2.05) is 24.3 Å². The average Bonchev–Trinajstić information content (AvgIpc) is 3.33. The minimum Gasteiger partial charge on any atom is -0.481 e. The molecule has 2 amide bonds. The van der Waals surface area contributed by atoms with Gasteiger partial charge in [0.15, 0.2) is 0 Å². The maximum Gasteiger partial charge on any atom is 0.407 e. The van der Waals surface area contributed by atoms with Crippen molar-refractivity contribution in [2.45, 2.75) is 37.6 Å². The van der Waals surface area contributed by atoms with Crippen molar-refractivity contribution in [3.05, 3.63) is 59.7 Å². The average molecular weight is 449 g/mol. The molecule has 5 rings (SSSR count). The van der Waals surface area contributed by atoms with Crippen molar-refractivity contribution in [3.8, 4) is 11.1 Å². The molecule has 3 N–H and O–H groups in total. The molecule has 2 fully saturated rings. The van der Waals surface area contributed by atoms with Gasteiger partial charge in [-0.3, -0.25) is 9.59 Å². The molecule has 2 unspecified atom stereocenters. The van der Waals surface area contributed by atoms with Gasteiger partial charge in [-0.25, -0.2) is 4.79 Å². The van der Waals surface area contributed by atoms with Crippen molar-refractivity contribution in [2.24, 2.45) is 17.8 Å². The van der Waals surface area contributed by atoms with E-state index in [0.717, 1.165) is 17.5 Å². The Bertz CT molecular complexity index is 1040. The number of carbonyl (C=O) groups is 3. The van der Waals surface area contributed by atoms with Crippen LogP contribution in [0, 0.1) is 17.8 Å². The van der Waals surface area contributed by atoms with Crippen LogP contribution in [0.3, 0.4) is 0 Å². The Labute approximate surface area is 192 Å². The smallest absolute Gasteiger partial charge is 0.407 e. The molecule has 0 spiro atoms. The number of carbonyl (C=O) groups excluding carboxylic acids is 2. The van der Waals surface area contributed by atoms with Crippen LogP contribution in [0.5, 0.6) is 0 Å². The lowest BCUT2D eigenvalue weighted by Crippen LogP contribution is -2.41. The lowest BCUT2D eigenvalue weighted by molar-refractivity contribution is -0.142. The first kappa shape index (κ1) is 21.5. The Morgan fingerprint density at radius 3 is 2.27 bits per heavy atom. The number of amides is 2. The van der Waals surface area contributed by atoms with Gasteiger partial charge in [-0.2, -0.15) is 0 Å². The first-order valence-corrected chi connectivity index (χ1v) is 11.6. The molecule has 0 aromatic heterocycles. The number of rotatable bonds is 7. The van der Waals surface area contributed by atoms with E-state index in [9.17, 15) is 19.5 Å². The molecule has 4 atom stereocenters. The first-order valence-electron chi connectivity index (χ1n) is 11.6. The predicted molar refractivity (Wildman–Crippen MR) is 122 cm³/mol. The van der Waals surface area contributed by atoms with Gasteiger partial charge in [0.25, 0.3) is 0 Å². The number of carboxylic acids is 1. The third-order valence-corrected chi connectivity index (χ3v) is 7.27. The van der Waals surface area contributed by atoms with Gasteiger partial charge in [-0.05, 0) is 47.4 Å². The molecule has 0 bridgehead atoms. The highest BCUT2D eigenvalue weighted by Gasteiger charge is 2.45. The summed E-state index contributed by atoms with van der Waals surface area (Å²) in [5.74, 6) is -1.54. The van der Waals surface area contributed by atoms with Crippen LogP contribution in [0.1, 0.15) is 42.7 Å². The molecular formula is C26H28N2O5. The fraction of sp³-hybridized carbons (Fsp3) is 0.423. The number of benzene rings is 2. The number of nitrogens with one attached hydrogen (secondary N) is 2. The number of hydrogen-bond acceptors (Lipinski definition) is 4. The fourth-order valence-corrected chi connectivity index (χ4v) is 5.38. The van der Waals surface area contributed by atoms with E-state index in [2.05, 4.69) is 34.9 Å². The number of aliphatic carboxylic acids is 1. The van der Waals surface area contributed by atoms with Crippen LogP contribution >= 0.6 is 0 Å². The molecule has 7 nitrogen and oxygen atoms in total. The molecule has 0 radical (unpaired) electrons. The lowest BCUT2D eigenvalue weighted by Gasteiger charge is -2.17. The summed E-state index contributed by atoms with van der Waals surface area (Å²) in [4.78, 5) is 36.1. The minimum absolute atomic E-state index is 0.0104.